The highest BCUT2D eigenvalue weighted by Gasteiger charge is 2.19. The van der Waals surface area contributed by atoms with Gasteiger partial charge in [0.2, 0.25) is 0 Å². The maximum atomic E-state index is 12.7. The van der Waals surface area contributed by atoms with Crippen LogP contribution in [0.3, 0.4) is 0 Å². The van der Waals surface area contributed by atoms with Crippen LogP contribution in [0.4, 0.5) is 0 Å². The minimum atomic E-state index is -0.270. The molecule has 0 bridgehead atoms. The predicted molar refractivity (Wildman–Crippen MR) is 87.3 cm³/mol. The van der Waals surface area contributed by atoms with Gasteiger partial charge in [-0.3, -0.25) is 13.9 Å². The molecule has 22 heavy (non-hydrogen) atoms. The van der Waals surface area contributed by atoms with Gasteiger partial charge < -0.3 is 10.3 Å². The first kappa shape index (κ1) is 16.5. The van der Waals surface area contributed by atoms with E-state index in [-0.39, 0.29) is 11.2 Å². The number of rotatable bonds is 7. The Balaban J connectivity index is 2.87. The fraction of sp³-hybridized carbons (Fsp3) is 0.667. The van der Waals surface area contributed by atoms with E-state index in [1.807, 2.05) is 25.3 Å². The number of hydrogen-bond donors (Lipinski definition) is 1. The highest BCUT2D eigenvalue weighted by atomic mass is 16.2. The summed E-state index contributed by atoms with van der Waals surface area (Å²) in [6.45, 7) is 7.95. The van der Waals surface area contributed by atoms with Crippen molar-refractivity contribution < 1.29 is 0 Å². The van der Waals surface area contributed by atoms with Crippen molar-refractivity contribution in [2.45, 2.75) is 59.7 Å². The first-order valence-corrected chi connectivity index (χ1v) is 8.03. The third-order valence-electron chi connectivity index (χ3n) is 3.86. The molecule has 0 amide bonds. The quantitative estimate of drug-likeness (QED) is 0.815. The van der Waals surface area contributed by atoms with E-state index < -0.39 is 0 Å². The number of nitrogens with two attached hydrogens (primary N) is 1. The van der Waals surface area contributed by atoms with Crippen molar-refractivity contribution in [3.8, 4) is 0 Å². The van der Waals surface area contributed by atoms with Crippen LogP contribution in [0.2, 0.25) is 0 Å². The molecule has 0 spiro atoms. The number of hydrogen-bond acceptors (Lipinski definition) is 4. The van der Waals surface area contributed by atoms with Gasteiger partial charge in [-0.05, 0) is 26.3 Å². The maximum absolute atomic E-state index is 12.7. The molecule has 2 aromatic rings. The van der Waals surface area contributed by atoms with E-state index in [9.17, 15) is 9.59 Å². The zero-order valence-electron chi connectivity index (χ0n) is 13.6. The molecule has 0 unspecified atom stereocenters. The largest absolute Gasteiger partial charge is 0.332 e. The molecular formula is C15H25N5O2. The lowest BCUT2D eigenvalue weighted by Crippen LogP contribution is -2.40. The van der Waals surface area contributed by atoms with Gasteiger partial charge in [-0.1, -0.05) is 13.8 Å². The zero-order chi connectivity index (χ0) is 16.3. The Hall–Kier alpha value is -1.89. The predicted octanol–water partition coefficient (Wildman–Crippen LogP) is 0.701. The average Bonchev–Trinajstić information content (AvgIpc) is 2.88. The van der Waals surface area contributed by atoms with Gasteiger partial charge in [0.25, 0.3) is 5.56 Å². The third-order valence-corrected chi connectivity index (χ3v) is 3.86. The second-order valence-electron chi connectivity index (χ2n) is 5.33. The summed E-state index contributed by atoms with van der Waals surface area (Å²) in [5.74, 6) is 0.832. The molecule has 0 aliphatic heterocycles. The van der Waals surface area contributed by atoms with Gasteiger partial charge in [-0.25, -0.2) is 9.78 Å². The van der Waals surface area contributed by atoms with Crippen molar-refractivity contribution in [2.24, 2.45) is 5.73 Å². The zero-order valence-corrected chi connectivity index (χ0v) is 13.6. The van der Waals surface area contributed by atoms with Gasteiger partial charge in [-0.2, -0.15) is 0 Å². The van der Waals surface area contributed by atoms with Crippen molar-refractivity contribution in [1.82, 2.24) is 18.7 Å². The third kappa shape index (κ3) is 2.61. The Bertz CT molecular complexity index is 769. The van der Waals surface area contributed by atoms with Gasteiger partial charge in [-0.15, -0.1) is 0 Å². The normalized spacial score (nSPS) is 11.5. The van der Waals surface area contributed by atoms with Crippen molar-refractivity contribution in [3.05, 3.63) is 26.7 Å². The molecule has 0 atom stereocenters. The van der Waals surface area contributed by atoms with E-state index in [2.05, 4.69) is 4.98 Å². The first-order chi connectivity index (χ1) is 10.6. The molecule has 0 aliphatic rings. The molecule has 0 aromatic carbocycles. The standard InChI is InChI=1S/C15H25N5O2/c1-4-9-20-13-12(14(21)18(6-3)15(20)22)19(10-7-8-16)11(5-2)17-13/h4-10,16H2,1-3H3. The van der Waals surface area contributed by atoms with Crippen LogP contribution in [-0.2, 0) is 26.1 Å². The van der Waals surface area contributed by atoms with Gasteiger partial charge >= 0.3 is 5.69 Å². The molecule has 2 heterocycles. The summed E-state index contributed by atoms with van der Waals surface area (Å²) in [6, 6.07) is 0. The van der Waals surface area contributed by atoms with Crippen molar-refractivity contribution in [2.75, 3.05) is 6.54 Å². The molecule has 2 N–H and O–H groups in total. The van der Waals surface area contributed by atoms with Gasteiger partial charge in [0.05, 0.1) is 0 Å². The van der Waals surface area contributed by atoms with Crippen LogP contribution >= 0.6 is 0 Å². The molecule has 0 saturated heterocycles. The number of aryl methyl sites for hydroxylation is 3. The fourth-order valence-electron chi connectivity index (χ4n) is 2.80. The Kier molecular flexibility index (Phi) is 5.18. The monoisotopic (exact) mass is 307 g/mol. The summed E-state index contributed by atoms with van der Waals surface area (Å²) in [6.07, 6.45) is 2.30. The Morgan fingerprint density at radius 3 is 2.32 bits per heavy atom. The Morgan fingerprint density at radius 2 is 1.77 bits per heavy atom. The number of imidazole rings is 1. The fourth-order valence-corrected chi connectivity index (χ4v) is 2.80. The summed E-state index contributed by atoms with van der Waals surface area (Å²) in [4.78, 5) is 29.8. The number of nitrogens with zero attached hydrogens (tertiary/aromatic N) is 4. The summed E-state index contributed by atoms with van der Waals surface area (Å²) < 4.78 is 4.85. The molecule has 2 aromatic heterocycles. The highest BCUT2D eigenvalue weighted by Crippen LogP contribution is 2.13. The minimum absolute atomic E-state index is 0.251. The van der Waals surface area contributed by atoms with Crippen LogP contribution in [0.5, 0.6) is 0 Å². The van der Waals surface area contributed by atoms with Crippen molar-refractivity contribution in [3.63, 3.8) is 0 Å². The van der Waals surface area contributed by atoms with Crippen LogP contribution in [0.15, 0.2) is 9.59 Å². The Morgan fingerprint density at radius 1 is 1.05 bits per heavy atom. The van der Waals surface area contributed by atoms with E-state index in [4.69, 9.17) is 5.73 Å². The van der Waals surface area contributed by atoms with E-state index in [0.717, 1.165) is 18.7 Å². The summed E-state index contributed by atoms with van der Waals surface area (Å²) >= 11 is 0. The first-order valence-electron chi connectivity index (χ1n) is 8.03. The summed E-state index contributed by atoms with van der Waals surface area (Å²) in [5.41, 5.74) is 6.12. The van der Waals surface area contributed by atoms with E-state index in [1.54, 1.807) is 4.57 Å². The number of fused-ring (bicyclic) bond motifs is 1. The molecule has 7 nitrogen and oxygen atoms in total. The average molecular weight is 307 g/mol. The molecular weight excluding hydrogens is 282 g/mol. The van der Waals surface area contributed by atoms with E-state index >= 15 is 0 Å². The smallest absolute Gasteiger partial charge is 0.330 e. The van der Waals surface area contributed by atoms with Gasteiger partial charge in [0.1, 0.15) is 5.82 Å². The van der Waals surface area contributed by atoms with E-state index in [0.29, 0.717) is 43.8 Å². The molecule has 122 valence electrons. The molecule has 7 heteroatoms. The maximum Gasteiger partial charge on any atom is 0.332 e. The summed E-state index contributed by atoms with van der Waals surface area (Å²) in [5, 5.41) is 0. The van der Waals surface area contributed by atoms with Gasteiger partial charge in [0, 0.05) is 26.1 Å². The van der Waals surface area contributed by atoms with Crippen LogP contribution < -0.4 is 17.0 Å². The molecule has 0 saturated carbocycles. The second kappa shape index (κ2) is 6.91. The highest BCUT2D eigenvalue weighted by molar-refractivity contribution is 5.71. The van der Waals surface area contributed by atoms with Crippen molar-refractivity contribution in [1.29, 1.82) is 0 Å². The van der Waals surface area contributed by atoms with Gasteiger partial charge in [0.15, 0.2) is 11.2 Å². The topological polar surface area (TPSA) is 87.8 Å². The lowest BCUT2D eigenvalue weighted by molar-refractivity contribution is 0.575. The minimum Gasteiger partial charge on any atom is -0.330 e. The summed E-state index contributed by atoms with van der Waals surface area (Å²) in [7, 11) is 0. The van der Waals surface area contributed by atoms with Crippen LogP contribution in [0, 0.1) is 0 Å². The number of aromatic nitrogens is 4. The SMILES string of the molecule is CCCn1c(=O)n(CC)c(=O)c2c1nc(CC)n2CCCN. The van der Waals surface area contributed by atoms with E-state index in [1.165, 1.54) is 4.57 Å². The second-order valence-corrected chi connectivity index (χ2v) is 5.33. The lowest BCUT2D eigenvalue weighted by atomic mass is 10.3. The molecule has 2 rings (SSSR count). The Labute approximate surface area is 129 Å². The van der Waals surface area contributed by atoms with Crippen LogP contribution in [-0.4, -0.2) is 25.2 Å². The molecule has 0 radical (unpaired) electrons. The van der Waals surface area contributed by atoms with Crippen LogP contribution in [0.25, 0.3) is 11.2 Å². The molecule has 0 fully saturated rings. The van der Waals surface area contributed by atoms with Crippen LogP contribution in [0.1, 0.15) is 39.4 Å². The molecule has 0 aliphatic carbocycles. The van der Waals surface area contributed by atoms with Crippen molar-refractivity contribution >= 4 is 11.2 Å². The lowest BCUT2D eigenvalue weighted by Gasteiger charge is -2.11.